The van der Waals surface area contributed by atoms with Crippen molar-refractivity contribution in [3.8, 4) is 0 Å². The van der Waals surface area contributed by atoms with Crippen LogP contribution in [0.4, 0.5) is 5.69 Å². The fourth-order valence-electron chi connectivity index (χ4n) is 1.99. The Morgan fingerprint density at radius 3 is 2.47 bits per heavy atom. The molecule has 4 heteroatoms. The summed E-state index contributed by atoms with van der Waals surface area (Å²) >= 11 is 0. The van der Waals surface area contributed by atoms with E-state index in [2.05, 4.69) is 5.32 Å². The van der Waals surface area contributed by atoms with Crippen LogP contribution in [0.15, 0.2) is 24.3 Å². The monoisotopic (exact) mass is 232 g/mol. The Morgan fingerprint density at radius 1 is 1.18 bits per heavy atom. The Hall–Kier alpha value is -1.84. The van der Waals surface area contributed by atoms with Crippen LogP contribution >= 0.6 is 0 Å². The molecule has 17 heavy (non-hydrogen) atoms. The van der Waals surface area contributed by atoms with Crippen molar-refractivity contribution in [2.75, 3.05) is 11.9 Å². The van der Waals surface area contributed by atoms with Gasteiger partial charge in [-0.1, -0.05) is 18.2 Å². The molecule has 0 aromatic heterocycles. The number of amides is 2. The summed E-state index contributed by atoms with van der Waals surface area (Å²) in [4.78, 5) is 24.4. The summed E-state index contributed by atoms with van der Waals surface area (Å²) in [6.45, 7) is 3.21. The predicted octanol–water partition coefficient (Wildman–Crippen LogP) is 1.77. The Morgan fingerprint density at radius 2 is 1.82 bits per heavy atom. The number of hydrogen-bond acceptors (Lipinski definition) is 3. The molecular formula is C13H16N2O2. The number of nitrogens with zero attached hydrogens (tertiary/aromatic N) is 1. The summed E-state index contributed by atoms with van der Waals surface area (Å²) in [5.74, 6) is -0.136. The number of carbonyl (C=O) groups excluding carboxylic acids is 2. The molecule has 0 unspecified atom stereocenters. The van der Waals surface area contributed by atoms with Gasteiger partial charge in [0, 0.05) is 25.1 Å². The van der Waals surface area contributed by atoms with Gasteiger partial charge in [0.05, 0.1) is 6.54 Å². The standard InChI is InChI=1S/C13H16N2O2/c1-2-14-11-6-4-3-5-10(11)9-15-12(16)7-8-13(15)17/h3-6,14H,2,7-9H2,1H3. The van der Waals surface area contributed by atoms with Crippen molar-refractivity contribution in [2.24, 2.45) is 0 Å². The third kappa shape index (κ3) is 2.46. The van der Waals surface area contributed by atoms with E-state index in [1.165, 1.54) is 4.90 Å². The van der Waals surface area contributed by atoms with Crippen LogP contribution in [0.3, 0.4) is 0 Å². The van der Waals surface area contributed by atoms with Crippen LogP contribution in [-0.2, 0) is 16.1 Å². The van der Waals surface area contributed by atoms with Gasteiger partial charge >= 0.3 is 0 Å². The van der Waals surface area contributed by atoms with Crippen molar-refractivity contribution in [3.63, 3.8) is 0 Å². The number of likely N-dealkylation sites (tertiary alicyclic amines) is 1. The summed E-state index contributed by atoms with van der Waals surface area (Å²) in [7, 11) is 0. The summed E-state index contributed by atoms with van der Waals surface area (Å²) < 4.78 is 0. The zero-order valence-electron chi connectivity index (χ0n) is 9.90. The molecule has 1 N–H and O–H groups in total. The Kier molecular flexibility index (Phi) is 3.42. The quantitative estimate of drug-likeness (QED) is 0.805. The van der Waals surface area contributed by atoms with Crippen LogP contribution in [0.2, 0.25) is 0 Å². The molecule has 1 aliphatic heterocycles. The lowest BCUT2D eigenvalue weighted by molar-refractivity contribution is -0.139. The van der Waals surface area contributed by atoms with Crippen molar-refractivity contribution in [1.29, 1.82) is 0 Å². The highest BCUT2D eigenvalue weighted by atomic mass is 16.2. The molecule has 1 heterocycles. The van der Waals surface area contributed by atoms with Crippen LogP contribution in [0.1, 0.15) is 25.3 Å². The van der Waals surface area contributed by atoms with Crippen molar-refractivity contribution in [1.82, 2.24) is 4.90 Å². The van der Waals surface area contributed by atoms with E-state index in [-0.39, 0.29) is 11.8 Å². The lowest BCUT2D eigenvalue weighted by Gasteiger charge is -2.17. The summed E-state index contributed by atoms with van der Waals surface area (Å²) in [6, 6.07) is 7.76. The Bertz CT molecular complexity index is 427. The molecule has 1 fully saturated rings. The highest BCUT2D eigenvalue weighted by molar-refractivity contribution is 6.01. The minimum absolute atomic E-state index is 0.0682. The number of carbonyl (C=O) groups is 2. The maximum Gasteiger partial charge on any atom is 0.229 e. The highest BCUT2D eigenvalue weighted by Gasteiger charge is 2.29. The van der Waals surface area contributed by atoms with Crippen molar-refractivity contribution in [3.05, 3.63) is 29.8 Å². The van der Waals surface area contributed by atoms with Gasteiger partial charge in [-0.3, -0.25) is 14.5 Å². The van der Waals surface area contributed by atoms with Gasteiger partial charge in [0.25, 0.3) is 0 Å². The summed E-state index contributed by atoms with van der Waals surface area (Å²) in [5, 5.41) is 3.23. The predicted molar refractivity (Wildman–Crippen MR) is 65.4 cm³/mol. The number of para-hydroxylation sites is 1. The SMILES string of the molecule is CCNc1ccccc1CN1C(=O)CCC1=O. The van der Waals surface area contributed by atoms with Crippen LogP contribution in [0.25, 0.3) is 0 Å². The maximum absolute atomic E-state index is 11.5. The van der Waals surface area contributed by atoms with E-state index in [4.69, 9.17) is 0 Å². The number of rotatable bonds is 4. The largest absolute Gasteiger partial charge is 0.385 e. The molecule has 4 nitrogen and oxygen atoms in total. The average molecular weight is 232 g/mol. The van der Waals surface area contributed by atoms with Gasteiger partial charge in [0.2, 0.25) is 11.8 Å². The molecule has 0 bridgehead atoms. The van der Waals surface area contributed by atoms with Crippen molar-refractivity contribution in [2.45, 2.75) is 26.3 Å². The van der Waals surface area contributed by atoms with E-state index in [0.29, 0.717) is 19.4 Å². The van der Waals surface area contributed by atoms with Crippen LogP contribution in [-0.4, -0.2) is 23.3 Å². The topological polar surface area (TPSA) is 49.4 Å². The second-order valence-corrected chi connectivity index (χ2v) is 4.06. The van der Waals surface area contributed by atoms with Gasteiger partial charge < -0.3 is 5.32 Å². The first-order chi connectivity index (χ1) is 8.22. The van der Waals surface area contributed by atoms with E-state index in [9.17, 15) is 9.59 Å². The molecule has 0 atom stereocenters. The molecule has 1 aromatic rings. The second-order valence-electron chi connectivity index (χ2n) is 4.06. The van der Waals surface area contributed by atoms with Gasteiger partial charge in [-0.15, -0.1) is 0 Å². The minimum Gasteiger partial charge on any atom is -0.385 e. The average Bonchev–Trinajstić information content (AvgIpc) is 2.64. The van der Waals surface area contributed by atoms with E-state index in [0.717, 1.165) is 17.8 Å². The van der Waals surface area contributed by atoms with Gasteiger partial charge in [-0.2, -0.15) is 0 Å². The molecule has 2 rings (SSSR count). The van der Waals surface area contributed by atoms with Crippen LogP contribution in [0, 0.1) is 0 Å². The van der Waals surface area contributed by atoms with Gasteiger partial charge in [-0.25, -0.2) is 0 Å². The van der Waals surface area contributed by atoms with Gasteiger partial charge in [0.1, 0.15) is 0 Å². The molecule has 2 amide bonds. The molecule has 1 saturated heterocycles. The lowest BCUT2D eigenvalue weighted by Crippen LogP contribution is -2.28. The zero-order valence-corrected chi connectivity index (χ0v) is 9.90. The van der Waals surface area contributed by atoms with E-state index in [1.54, 1.807) is 0 Å². The van der Waals surface area contributed by atoms with E-state index in [1.807, 2.05) is 31.2 Å². The molecule has 0 radical (unpaired) electrons. The molecule has 90 valence electrons. The first-order valence-corrected chi connectivity index (χ1v) is 5.87. The molecule has 0 saturated carbocycles. The van der Waals surface area contributed by atoms with Crippen LogP contribution < -0.4 is 5.32 Å². The second kappa shape index (κ2) is 4.99. The number of benzene rings is 1. The third-order valence-electron chi connectivity index (χ3n) is 2.87. The molecule has 0 aliphatic carbocycles. The summed E-state index contributed by atoms with van der Waals surface area (Å²) in [6.07, 6.45) is 0.699. The third-order valence-corrected chi connectivity index (χ3v) is 2.87. The van der Waals surface area contributed by atoms with E-state index < -0.39 is 0 Å². The Labute approximate surface area is 101 Å². The number of imide groups is 1. The molecular weight excluding hydrogens is 216 g/mol. The smallest absolute Gasteiger partial charge is 0.229 e. The number of anilines is 1. The van der Waals surface area contributed by atoms with Gasteiger partial charge in [-0.05, 0) is 18.6 Å². The van der Waals surface area contributed by atoms with Crippen molar-refractivity contribution < 1.29 is 9.59 Å². The number of hydrogen-bond donors (Lipinski definition) is 1. The molecule has 0 spiro atoms. The Balaban J connectivity index is 2.17. The minimum atomic E-state index is -0.0682. The van der Waals surface area contributed by atoms with Gasteiger partial charge in [0.15, 0.2) is 0 Å². The molecule has 1 aliphatic rings. The molecule has 1 aromatic carbocycles. The normalized spacial score (nSPS) is 15.5. The first-order valence-electron chi connectivity index (χ1n) is 5.87. The fraction of sp³-hybridized carbons (Fsp3) is 0.385. The lowest BCUT2D eigenvalue weighted by atomic mass is 10.1. The summed E-state index contributed by atoms with van der Waals surface area (Å²) in [5.41, 5.74) is 1.97. The first kappa shape index (κ1) is 11.6. The van der Waals surface area contributed by atoms with Crippen molar-refractivity contribution >= 4 is 17.5 Å². The zero-order chi connectivity index (χ0) is 12.3. The fourth-order valence-corrected chi connectivity index (χ4v) is 1.99. The van der Waals surface area contributed by atoms with E-state index >= 15 is 0 Å². The maximum atomic E-state index is 11.5. The van der Waals surface area contributed by atoms with Crippen LogP contribution in [0.5, 0.6) is 0 Å². The highest BCUT2D eigenvalue weighted by Crippen LogP contribution is 2.21. The number of nitrogens with one attached hydrogen (secondary N) is 1.